The van der Waals surface area contributed by atoms with Crippen LogP contribution in [0.25, 0.3) is 11.0 Å². The van der Waals surface area contributed by atoms with Crippen LogP contribution in [0.15, 0.2) is 42.5 Å². The standard InChI is InChI=1S/C21H21N3O3/c25-20(11-14-7-8-18-19(10-14)27-13-26-18)24-9-3-4-15(12-24)21-22-16-5-1-2-6-17(16)23-21/h1-2,5-8,10,15H,3-4,9,11-13H2,(H,22,23)/t15-/m1/s1. The molecule has 1 fully saturated rings. The number of imidazole rings is 1. The number of rotatable bonds is 3. The Hall–Kier alpha value is -3.02. The molecule has 6 heteroatoms. The molecule has 1 N–H and O–H groups in total. The number of aromatic nitrogens is 2. The fraction of sp³-hybridized carbons (Fsp3) is 0.333. The summed E-state index contributed by atoms with van der Waals surface area (Å²) in [5, 5.41) is 0. The lowest BCUT2D eigenvalue weighted by molar-refractivity contribution is -0.131. The van der Waals surface area contributed by atoms with Crippen molar-refractivity contribution < 1.29 is 14.3 Å². The topological polar surface area (TPSA) is 67.5 Å². The smallest absolute Gasteiger partial charge is 0.231 e. The zero-order valence-corrected chi connectivity index (χ0v) is 15.0. The largest absolute Gasteiger partial charge is 0.454 e. The number of ether oxygens (including phenoxy) is 2. The van der Waals surface area contributed by atoms with Crippen molar-refractivity contribution in [1.82, 2.24) is 14.9 Å². The summed E-state index contributed by atoms with van der Waals surface area (Å²) in [5.41, 5.74) is 2.99. The highest BCUT2D eigenvalue weighted by molar-refractivity contribution is 5.79. The van der Waals surface area contributed by atoms with Crippen molar-refractivity contribution in [3.63, 3.8) is 0 Å². The van der Waals surface area contributed by atoms with Crippen LogP contribution in [0.1, 0.15) is 30.1 Å². The van der Waals surface area contributed by atoms with Gasteiger partial charge in [-0.05, 0) is 42.7 Å². The molecule has 2 aliphatic rings. The van der Waals surface area contributed by atoms with Crippen molar-refractivity contribution >= 4 is 16.9 Å². The zero-order chi connectivity index (χ0) is 18.2. The molecule has 0 bridgehead atoms. The summed E-state index contributed by atoms with van der Waals surface area (Å²) in [6.45, 7) is 1.77. The molecule has 1 saturated heterocycles. The van der Waals surface area contributed by atoms with Crippen LogP contribution in [-0.2, 0) is 11.2 Å². The van der Waals surface area contributed by atoms with Crippen molar-refractivity contribution in [2.24, 2.45) is 0 Å². The number of hydrogen-bond acceptors (Lipinski definition) is 4. The van der Waals surface area contributed by atoms with Gasteiger partial charge < -0.3 is 19.4 Å². The molecule has 5 rings (SSSR count). The van der Waals surface area contributed by atoms with Crippen LogP contribution in [0.4, 0.5) is 0 Å². The van der Waals surface area contributed by atoms with E-state index in [1.807, 2.05) is 47.4 Å². The molecule has 0 saturated carbocycles. The summed E-state index contributed by atoms with van der Waals surface area (Å²) >= 11 is 0. The van der Waals surface area contributed by atoms with Crippen molar-refractivity contribution in [2.75, 3.05) is 19.9 Å². The number of nitrogens with zero attached hydrogens (tertiary/aromatic N) is 2. The predicted molar refractivity (Wildman–Crippen MR) is 101 cm³/mol. The number of carbonyl (C=O) groups is 1. The number of carbonyl (C=O) groups excluding carboxylic acids is 1. The fourth-order valence-electron chi connectivity index (χ4n) is 3.93. The molecule has 3 aromatic rings. The van der Waals surface area contributed by atoms with Gasteiger partial charge in [-0.3, -0.25) is 4.79 Å². The maximum Gasteiger partial charge on any atom is 0.231 e. The van der Waals surface area contributed by atoms with Crippen molar-refractivity contribution in [3.05, 3.63) is 53.9 Å². The van der Waals surface area contributed by atoms with Crippen LogP contribution in [0.2, 0.25) is 0 Å². The molecule has 2 aromatic carbocycles. The Morgan fingerprint density at radius 2 is 2.07 bits per heavy atom. The maximum absolute atomic E-state index is 12.8. The van der Waals surface area contributed by atoms with Gasteiger partial charge in [0.05, 0.1) is 17.5 Å². The number of amides is 1. The summed E-state index contributed by atoms with van der Waals surface area (Å²) in [4.78, 5) is 23.0. The van der Waals surface area contributed by atoms with Crippen molar-refractivity contribution in [1.29, 1.82) is 0 Å². The molecule has 0 aliphatic carbocycles. The Bertz CT molecular complexity index is 964. The molecule has 1 amide bonds. The van der Waals surface area contributed by atoms with Gasteiger partial charge in [-0.2, -0.15) is 0 Å². The average molecular weight is 363 g/mol. The number of piperidine rings is 1. The molecular weight excluding hydrogens is 342 g/mol. The third kappa shape index (κ3) is 3.12. The quantitative estimate of drug-likeness (QED) is 0.776. The molecule has 0 radical (unpaired) electrons. The van der Waals surface area contributed by atoms with Crippen LogP contribution < -0.4 is 9.47 Å². The second-order valence-electron chi connectivity index (χ2n) is 7.18. The maximum atomic E-state index is 12.8. The Kier molecular flexibility index (Phi) is 3.96. The predicted octanol–water partition coefficient (Wildman–Crippen LogP) is 3.24. The van der Waals surface area contributed by atoms with Gasteiger partial charge in [0.15, 0.2) is 11.5 Å². The lowest BCUT2D eigenvalue weighted by Gasteiger charge is -2.32. The van der Waals surface area contributed by atoms with E-state index in [1.165, 1.54) is 0 Å². The molecule has 1 aromatic heterocycles. The minimum Gasteiger partial charge on any atom is -0.454 e. The molecule has 2 aliphatic heterocycles. The highest BCUT2D eigenvalue weighted by atomic mass is 16.7. The molecule has 6 nitrogen and oxygen atoms in total. The first-order chi connectivity index (χ1) is 13.3. The first kappa shape index (κ1) is 16.2. The molecule has 3 heterocycles. The van der Waals surface area contributed by atoms with Crippen molar-refractivity contribution in [2.45, 2.75) is 25.2 Å². The molecule has 1 atom stereocenters. The van der Waals surface area contributed by atoms with E-state index < -0.39 is 0 Å². The summed E-state index contributed by atoms with van der Waals surface area (Å²) in [6, 6.07) is 13.8. The van der Waals surface area contributed by atoms with Crippen LogP contribution >= 0.6 is 0 Å². The van der Waals surface area contributed by atoms with E-state index in [1.54, 1.807) is 0 Å². The number of aromatic amines is 1. The van der Waals surface area contributed by atoms with E-state index in [0.29, 0.717) is 13.0 Å². The Morgan fingerprint density at radius 3 is 3.00 bits per heavy atom. The number of nitrogens with one attached hydrogen (secondary N) is 1. The highest BCUT2D eigenvalue weighted by Crippen LogP contribution is 2.33. The number of benzene rings is 2. The zero-order valence-electron chi connectivity index (χ0n) is 15.0. The van der Waals surface area contributed by atoms with Crippen LogP contribution in [0.3, 0.4) is 0 Å². The Labute approximate surface area is 157 Å². The van der Waals surface area contributed by atoms with E-state index in [4.69, 9.17) is 14.5 Å². The lowest BCUT2D eigenvalue weighted by Crippen LogP contribution is -2.40. The molecule has 138 valence electrons. The molecular formula is C21H21N3O3. The van der Waals surface area contributed by atoms with Gasteiger partial charge in [-0.25, -0.2) is 4.98 Å². The summed E-state index contributed by atoms with van der Waals surface area (Å²) < 4.78 is 10.7. The summed E-state index contributed by atoms with van der Waals surface area (Å²) in [6.07, 6.45) is 2.42. The summed E-state index contributed by atoms with van der Waals surface area (Å²) in [7, 11) is 0. The lowest BCUT2D eigenvalue weighted by atomic mass is 9.96. The van der Waals surface area contributed by atoms with E-state index in [0.717, 1.165) is 53.3 Å². The number of H-pyrrole nitrogens is 1. The van der Waals surface area contributed by atoms with Gasteiger partial charge in [-0.1, -0.05) is 18.2 Å². The minimum atomic E-state index is 0.148. The second kappa shape index (κ2) is 6.61. The number of hydrogen-bond donors (Lipinski definition) is 1. The Balaban J connectivity index is 1.29. The fourth-order valence-corrected chi connectivity index (χ4v) is 3.93. The van der Waals surface area contributed by atoms with Gasteiger partial charge in [0.25, 0.3) is 0 Å². The third-order valence-electron chi connectivity index (χ3n) is 5.36. The number of fused-ring (bicyclic) bond motifs is 2. The van der Waals surface area contributed by atoms with Gasteiger partial charge in [0, 0.05) is 19.0 Å². The van der Waals surface area contributed by atoms with Crippen molar-refractivity contribution in [3.8, 4) is 11.5 Å². The summed E-state index contributed by atoms with van der Waals surface area (Å²) in [5.74, 6) is 2.85. The second-order valence-corrected chi connectivity index (χ2v) is 7.18. The normalized spacial score (nSPS) is 18.8. The van der Waals surface area contributed by atoms with Gasteiger partial charge in [0.2, 0.25) is 12.7 Å². The monoisotopic (exact) mass is 363 g/mol. The molecule has 0 unspecified atom stereocenters. The number of para-hydroxylation sites is 2. The first-order valence-corrected chi connectivity index (χ1v) is 9.37. The van der Waals surface area contributed by atoms with E-state index in [-0.39, 0.29) is 18.6 Å². The minimum absolute atomic E-state index is 0.148. The number of likely N-dealkylation sites (tertiary alicyclic amines) is 1. The first-order valence-electron chi connectivity index (χ1n) is 9.37. The van der Waals surface area contributed by atoms with Crippen LogP contribution in [0, 0.1) is 0 Å². The Morgan fingerprint density at radius 1 is 1.19 bits per heavy atom. The van der Waals surface area contributed by atoms with E-state index in [9.17, 15) is 4.79 Å². The van der Waals surface area contributed by atoms with Gasteiger partial charge >= 0.3 is 0 Å². The molecule has 0 spiro atoms. The SMILES string of the molecule is O=C(Cc1ccc2c(c1)OCO2)N1CCC[C@@H](c2nc3ccccc3[nH]2)C1. The van der Waals surface area contributed by atoms with Crippen LogP contribution in [0.5, 0.6) is 11.5 Å². The van der Waals surface area contributed by atoms with Gasteiger partial charge in [-0.15, -0.1) is 0 Å². The average Bonchev–Trinajstić information content (AvgIpc) is 3.34. The van der Waals surface area contributed by atoms with Gasteiger partial charge in [0.1, 0.15) is 5.82 Å². The highest BCUT2D eigenvalue weighted by Gasteiger charge is 2.27. The van der Waals surface area contributed by atoms with E-state index >= 15 is 0 Å². The van der Waals surface area contributed by atoms with Crippen LogP contribution in [-0.4, -0.2) is 40.7 Å². The third-order valence-corrected chi connectivity index (χ3v) is 5.36. The van der Waals surface area contributed by atoms with E-state index in [2.05, 4.69) is 4.98 Å². The molecule has 27 heavy (non-hydrogen) atoms.